The maximum absolute atomic E-state index is 11.6. The van der Waals surface area contributed by atoms with E-state index in [1.54, 1.807) is 13.0 Å². The molecular weight excluding hydrogens is 236 g/mol. The first-order valence-electron chi connectivity index (χ1n) is 5.74. The molecule has 0 radical (unpaired) electrons. The fourth-order valence-corrected chi connectivity index (χ4v) is 1.96. The maximum Gasteiger partial charge on any atom is 0.314 e. The van der Waals surface area contributed by atoms with Crippen LogP contribution in [0.3, 0.4) is 0 Å². The van der Waals surface area contributed by atoms with Crippen LogP contribution in [0.25, 0.3) is 0 Å². The van der Waals surface area contributed by atoms with E-state index in [9.17, 15) is 14.9 Å². The van der Waals surface area contributed by atoms with Gasteiger partial charge in [0.05, 0.1) is 4.92 Å². The van der Waals surface area contributed by atoms with Crippen molar-refractivity contribution in [2.24, 2.45) is 0 Å². The number of nitro groups is 1. The van der Waals surface area contributed by atoms with E-state index >= 15 is 0 Å². The third-order valence-corrected chi connectivity index (χ3v) is 2.90. The standard InChI is InChI=1S/C11H14N4O3/c1-7-4-6-12-10(9(7)15(17)18)14-8-3-2-5-13-11(8)16/h4,6,8H,2-3,5H2,1H3,(H,12,14)(H,13,16). The van der Waals surface area contributed by atoms with Gasteiger partial charge in [-0.15, -0.1) is 0 Å². The molecule has 0 saturated carbocycles. The average molecular weight is 250 g/mol. The number of hydrogen-bond donors (Lipinski definition) is 2. The van der Waals surface area contributed by atoms with Crippen LogP contribution in [-0.4, -0.2) is 28.4 Å². The minimum absolute atomic E-state index is 0.0733. The number of pyridine rings is 1. The van der Waals surface area contributed by atoms with Gasteiger partial charge in [0.2, 0.25) is 11.7 Å². The average Bonchev–Trinajstić information content (AvgIpc) is 2.31. The Kier molecular flexibility index (Phi) is 3.40. The summed E-state index contributed by atoms with van der Waals surface area (Å²) in [5.74, 6) is 0.0147. The lowest BCUT2D eigenvalue weighted by molar-refractivity contribution is -0.384. The van der Waals surface area contributed by atoms with Crippen LogP contribution in [0.1, 0.15) is 18.4 Å². The minimum Gasteiger partial charge on any atom is -0.354 e. The first-order chi connectivity index (χ1) is 8.59. The quantitative estimate of drug-likeness (QED) is 0.615. The Hall–Kier alpha value is -2.18. The predicted molar refractivity (Wildman–Crippen MR) is 65.3 cm³/mol. The topological polar surface area (TPSA) is 97.2 Å². The number of piperidine rings is 1. The van der Waals surface area contributed by atoms with Gasteiger partial charge >= 0.3 is 5.69 Å². The van der Waals surface area contributed by atoms with Gasteiger partial charge in [-0.3, -0.25) is 14.9 Å². The SMILES string of the molecule is Cc1ccnc(NC2CCCNC2=O)c1[N+](=O)[O-]. The molecule has 2 heterocycles. The van der Waals surface area contributed by atoms with E-state index in [1.807, 2.05) is 0 Å². The maximum atomic E-state index is 11.6. The highest BCUT2D eigenvalue weighted by atomic mass is 16.6. The molecule has 1 aliphatic rings. The zero-order valence-electron chi connectivity index (χ0n) is 9.97. The van der Waals surface area contributed by atoms with Gasteiger partial charge in [0.15, 0.2) is 0 Å². The summed E-state index contributed by atoms with van der Waals surface area (Å²) < 4.78 is 0. The van der Waals surface area contributed by atoms with Gasteiger partial charge in [0.1, 0.15) is 6.04 Å². The number of aryl methyl sites for hydroxylation is 1. The molecule has 1 aromatic rings. The molecular formula is C11H14N4O3. The smallest absolute Gasteiger partial charge is 0.314 e. The molecule has 7 heteroatoms. The Morgan fingerprint density at radius 1 is 1.61 bits per heavy atom. The zero-order valence-corrected chi connectivity index (χ0v) is 9.97. The van der Waals surface area contributed by atoms with E-state index in [-0.39, 0.29) is 17.4 Å². The molecule has 18 heavy (non-hydrogen) atoms. The molecule has 0 spiro atoms. The first-order valence-corrected chi connectivity index (χ1v) is 5.74. The van der Waals surface area contributed by atoms with Crippen LogP contribution in [0.2, 0.25) is 0 Å². The summed E-state index contributed by atoms with van der Waals surface area (Å²) in [5.41, 5.74) is 0.449. The molecule has 1 fully saturated rings. The lowest BCUT2D eigenvalue weighted by Gasteiger charge is -2.23. The highest BCUT2D eigenvalue weighted by molar-refractivity contribution is 5.85. The molecule has 2 N–H and O–H groups in total. The molecule has 1 unspecified atom stereocenters. The molecule has 1 aromatic heterocycles. The Morgan fingerprint density at radius 3 is 3.06 bits per heavy atom. The molecule has 1 aliphatic heterocycles. The number of carbonyl (C=O) groups excluding carboxylic acids is 1. The second-order valence-corrected chi connectivity index (χ2v) is 4.21. The van der Waals surface area contributed by atoms with Gasteiger partial charge in [0, 0.05) is 18.3 Å². The summed E-state index contributed by atoms with van der Waals surface area (Å²) in [6.45, 7) is 2.30. The fraction of sp³-hybridized carbons (Fsp3) is 0.455. The van der Waals surface area contributed by atoms with E-state index in [0.29, 0.717) is 18.5 Å². The Labute approximate surface area is 104 Å². The molecule has 96 valence electrons. The van der Waals surface area contributed by atoms with Crippen LogP contribution >= 0.6 is 0 Å². The summed E-state index contributed by atoms with van der Waals surface area (Å²) in [4.78, 5) is 26.1. The third kappa shape index (κ3) is 2.39. The number of hydrogen-bond acceptors (Lipinski definition) is 5. The van der Waals surface area contributed by atoms with E-state index < -0.39 is 11.0 Å². The van der Waals surface area contributed by atoms with Crippen molar-refractivity contribution in [1.82, 2.24) is 10.3 Å². The van der Waals surface area contributed by atoms with Gasteiger partial charge < -0.3 is 10.6 Å². The predicted octanol–water partition coefficient (Wildman–Crippen LogP) is 0.989. The van der Waals surface area contributed by atoms with Crippen molar-refractivity contribution >= 4 is 17.4 Å². The molecule has 2 rings (SSSR count). The lowest BCUT2D eigenvalue weighted by atomic mass is 10.1. The molecule has 1 atom stereocenters. The third-order valence-electron chi connectivity index (χ3n) is 2.90. The van der Waals surface area contributed by atoms with Crippen molar-refractivity contribution in [2.75, 3.05) is 11.9 Å². The number of rotatable bonds is 3. The summed E-state index contributed by atoms with van der Waals surface area (Å²) in [6, 6.07) is 1.12. The highest BCUT2D eigenvalue weighted by Crippen LogP contribution is 2.26. The van der Waals surface area contributed by atoms with Crippen molar-refractivity contribution < 1.29 is 9.72 Å². The van der Waals surface area contributed by atoms with Crippen molar-refractivity contribution in [3.05, 3.63) is 27.9 Å². The summed E-state index contributed by atoms with van der Waals surface area (Å²) in [7, 11) is 0. The summed E-state index contributed by atoms with van der Waals surface area (Å²) in [6.07, 6.45) is 2.99. The zero-order chi connectivity index (χ0) is 13.1. The molecule has 0 aromatic carbocycles. The van der Waals surface area contributed by atoms with Crippen LogP contribution in [0.5, 0.6) is 0 Å². The van der Waals surface area contributed by atoms with Crippen LogP contribution in [0, 0.1) is 17.0 Å². The number of anilines is 1. The Balaban J connectivity index is 2.25. The number of nitrogens with zero attached hydrogens (tertiary/aromatic N) is 2. The Morgan fingerprint density at radius 2 is 2.39 bits per heavy atom. The van der Waals surface area contributed by atoms with E-state index in [2.05, 4.69) is 15.6 Å². The number of nitrogens with one attached hydrogen (secondary N) is 2. The summed E-state index contributed by atoms with van der Waals surface area (Å²) in [5, 5.41) is 16.6. The van der Waals surface area contributed by atoms with Crippen molar-refractivity contribution in [3.8, 4) is 0 Å². The van der Waals surface area contributed by atoms with Crippen molar-refractivity contribution in [3.63, 3.8) is 0 Å². The molecule has 0 bridgehead atoms. The molecule has 7 nitrogen and oxygen atoms in total. The monoisotopic (exact) mass is 250 g/mol. The van der Waals surface area contributed by atoms with Gasteiger partial charge in [0.25, 0.3) is 0 Å². The van der Waals surface area contributed by atoms with Gasteiger partial charge in [-0.1, -0.05) is 0 Å². The van der Waals surface area contributed by atoms with Crippen molar-refractivity contribution in [2.45, 2.75) is 25.8 Å². The molecule has 1 amide bonds. The first kappa shape index (κ1) is 12.3. The van der Waals surface area contributed by atoms with E-state index in [0.717, 1.165) is 6.42 Å². The van der Waals surface area contributed by atoms with Gasteiger partial charge in [-0.2, -0.15) is 0 Å². The van der Waals surface area contributed by atoms with Crippen LogP contribution in [0.15, 0.2) is 12.3 Å². The van der Waals surface area contributed by atoms with Crippen molar-refractivity contribution in [1.29, 1.82) is 0 Å². The Bertz CT molecular complexity index is 489. The largest absolute Gasteiger partial charge is 0.354 e. The van der Waals surface area contributed by atoms with Gasteiger partial charge in [-0.25, -0.2) is 4.98 Å². The number of carbonyl (C=O) groups is 1. The summed E-state index contributed by atoms with van der Waals surface area (Å²) >= 11 is 0. The van der Waals surface area contributed by atoms with E-state index in [1.165, 1.54) is 6.20 Å². The molecule has 1 saturated heterocycles. The normalized spacial score (nSPS) is 19.2. The van der Waals surface area contributed by atoms with Crippen LogP contribution in [-0.2, 0) is 4.79 Å². The van der Waals surface area contributed by atoms with Crippen LogP contribution < -0.4 is 10.6 Å². The fourth-order valence-electron chi connectivity index (χ4n) is 1.96. The number of amides is 1. The minimum atomic E-state index is -0.481. The highest BCUT2D eigenvalue weighted by Gasteiger charge is 2.26. The van der Waals surface area contributed by atoms with Gasteiger partial charge in [-0.05, 0) is 25.8 Å². The second kappa shape index (κ2) is 4.99. The van der Waals surface area contributed by atoms with Crippen LogP contribution in [0.4, 0.5) is 11.5 Å². The van der Waals surface area contributed by atoms with E-state index in [4.69, 9.17) is 0 Å². The second-order valence-electron chi connectivity index (χ2n) is 4.21. The molecule has 0 aliphatic carbocycles. The number of aromatic nitrogens is 1. The lowest BCUT2D eigenvalue weighted by Crippen LogP contribution is -2.44.